The number of allylic oxidation sites excluding steroid dienone is 1. The molecule has 2 fully saturated rings. The van der Waals surface area contributed by atoms with E-state index in [0.717, 1.165) is 37.5 Å². The molecule has 0 aliphatic heterocycles. The van der Waals surface area contributed by atoms with Gasteiger partial charge in [-0.2, -0.15) is 0 Å². The van der Waals surface area contributed by atoms with Crippen LogP contribution in [0.15, 0.2) is 29.3 Å². The van der Waals surface area contributed by atoms with Crippen molar-refractivity contribution in [2.75, 3.05) is 33.9 Å². The standard InChI is InChI=1S/C26H39NO/c1-18-6-8-21-20(16-18)7-9-23-22(21)12-13-26(3)24(10-11-25(23)26)19(2)17-28-15-14-27(4)5/h6,8,16,22-23,25H,7,9-15,17H2,1-5H3/b24-19-. The van der Waals surface area contributed by atoms with E-state index in [-0.39, 0.29) is 0 Å². The summed E-state index contributed by atoms with van der Waals surface area (Å²) in [7, 11) is 4.22. The summed E-state index contributed by atoms with van der Waals surface area (Å²) in [6, 6.07) is 7.25. The molecule has 3 aliphatic rings. The minimum Gasteiger partial charge on any atom is -0.376 e. The number of aryl methyl sites for hydroxylation is 2. The minimum atomic E-state index is 0.415. The van der Waals surface area contributed by atoms with Crippen molar-refractivity contribution < 1.29 is 4.74 Å². The van der Waals surface area contributed by atoms with Crippen molar-refractivity contribution in [2.24, 2.45) is 17.3 Å². The highest BCUT2D eigenvalue weighted by molar-refractivity contribution is 5.39. The molecule has 0 heterocycles. The molecule has 1 aromatic rings. The number of nitrogens with zero attached hydrogens (tertiary/aromatic N) is 1. The summed E-state index contributed by atoms with van der Waals surface area (Å²) >= 11 is 0. The molecule has 0 radical (unpaired) electrons. The first-order chi connectivity index (χ1) is 13.4. The number of ether oxygens (including phenoxy) is 1. The van der Waals surface area contributed by atoms with Gasteiger partial charge in [0.25, 0.3) is 0 Å². The lowest BCUT2D eigenvalue weighted by Crippen LogP contribution is -2.40. The van der Waals surface area contributed by atoms with E-state index in [1.807, 2.05) is 0 Å². The molecule has 0 N–H and O–H groups in total. The van der Waals surface area contributed by atoms with Gasteiger partial charge in [0.05, 0.1) is 13.2 Å². The predicted molar refractivity (Wildman–Crippen MR) is 118 cm³/mol. The van der Waals surface area contributed by atoms with E-state index < -0.39 is 0 Å². The van der Waals surface area contributed by atoms with Crippen LogP contribution >= 0.6 is 0 Å². The zero-order valence-electron chi connectivity index (χ0n) is 18.7. The van der Waals surface area contributed by atoms with Gasteiger partial charge in [-0.25, -0.2) is 0 Å². The molecule has 0 saturated heterocycles. The molecular formula is C26H39NO. The molecule has 4 atom stereocenters. The minimum absolute atomic E-state index is 0.415. The maximum atomic E-state index is 6.01. The topological polar surface area (TPSA) is 12.5 Å². The van der Waals surface area contributed by atoms with Crippen LogP contribution in [0.4, 0.5) is 0 Å². The number of fused-ring (bicyclic) bond motifs is 5. The Morgan fingerprint density at radius 1 is 1.18 bits per heavy atom. The van der Waals surface area contributed by atoms with Crippen molar-refractivity contribution in [3.05, 3.63) is 46.0 Å². The Bertz CT molecular complexity index is 749. The third-order valence-electron chi connectivity index (χ3n) is 8.18. The van der Waals surface area contributed by atoms with Gasteiger partial charge in [0.1, 0.15) is 0 Å². The van der Waals surface area contributed by atoms with Gasteiger partial charge in [-0.3, -0.25) is 0 Å². The molecule has 0 bridgehead atoms. The largest absolute Gasteiger partial charge is 0.376 e. The second-order valence-electron chi connectivity index (χ2n) is 10.2. The average Bonchev–Trinajstić information content (AvgIpc) is 3.01. The van der Waals surface area contributed by atoms with Gasteiger partial charge in [-0.05, 0) is 106 Å². The Balaban J connectivity index is 1.51. The van der Waals surface area contributed by atoms with E-state index in [1.165, 1.54) is 49.7 Å². The van der Waals surface area contributed by atoms with Crippen LogP contribution in [0.5, 0.6) is 0 Å². The summed E-state index contributed by atoms with van der Waals surface area (Å²) in [5.41, 5.74) is 8.44. The van der Waals surface area contributed by atoms with E-state index in [9.17, 15) is 0 Å². The summed E-state index contributed by atoms with van der Waals surface area (Å²) in [5.74, 6) is 2.56. The van der Waals surface area contributed by atoms with Crippen LogP contribution in [0, 0.1) is 24.2 Å². The molecular weight excluding hydrogens is 342 g/mol. The van der Waals surface area contributed by atoms with Gasteiger partial charge in [0.15, 0.2) is 0 Å². The fourth-order valence-electron chi connectivity index (χ4n) is 6.78. The van der Waals surface area contributed by atoms with E-state index >= 15 is 0 Å². The van der Waals surface area contributed by atoms with Crippen molar-refractivity contribution in [1.29, 1.82) is 0 Å². The monoisotopic (exact) mass is 381 g/mol. The van der Waals surface area contributed by atoms with Gasteiger partial charge in [-0.15, -0.1) is 0 Å². The third-order valence-corrected chi connectivity index (χ3v) is 8.18. The van der Waals surface area contributed by atoms with E-state index in [4.69, 9.17) is 4.74 Å². The number of rotatable bonds is 5. The summed E-state index contributed by atoms with van der Waals surface area (Å²) in [4.78, 5) is 2.19. The van der Waals surface area contributed by atoms with Crippen LogP contribution in [0.25, 0.3) is 0 Å². The molecule has 2 heteroatoms. The van der Waals surface area contributed by atoms with Crippen LogP contribution in [-0.2, 0) is 11.2 Å². The Kier molecular flexibility index (Phi) is 5.73. The maximum Gasteiger partial charge on any atom is 0.0677 e. The Hall–Kier alpha value is -1.12. The van der Waals surface area contributed by atoms with Crippen molar-refractivity contribution in [3.8, 4) is 0 Å². The number of hydrogen-bond acceptors (Lipinski definition) is 2. The second kappa shape index (κ2) is 7.95. The highest BCUT2D eigenvalue weighted by Crippen LogP contribution is 2.63. The van der Waals surface area contributed by atoms with Gasteiger partial charge in [0.2, 0.25) is 0 Å². The zero-order chi connectivity index (χ0) is 19.9. The first kappa shape index (κ1) is 20.2. The molecule has 1 aromatic carbocycles. The molecule has 28 heavy (non-hydrogen) atoms. The fourth-order valence-corrected chi connectivity index (χ4v) is 6.78. The highest BCUT2D eigenvalue weighted by Gasteiger charge is 2.52. The zero-order valence-corrected chi connectivity index (χ0v) is 18.7. The van der Waals surface area contributed by atoms with Crippen LogP contribution in [0.3, 0.4) is 0 Å². The molecule has 0 amide bonds. The lowest BCUT2D eigenvalue weighted by atomic mass is 9.55. The van der Waals surface area contributed by atoms with Crippen LogP contribution in [-0.4, -0.2) is 38.8 Å². The molecule has 2 nitrogen and oxygen atoms in total. The number of likely N-dealkylation sites (N-methyl/N-ethyl adjacent to an activating group) is 1. The van der Waals surface area contributed by atoms with Gasteiger partial charge >= 0.3 is 0 Å². The fraction of sp³-hybridized carbons (Fsp3) is 0.692. The Morgan fingerprint density at radius 2 is 2.00 bits per heavy atom. The summed E-state index contributed by atoms with van der Waals surface area (Å²) in [5, 5.41) is 0. The van der Waals surface area contributed by atoms with Gasteiger partial charge < -0.3 is 9.64 Å². The van der Waals surface area contributed by atoms with Crippen molar-refractivity contribution >= 4 is 0 Å². The lowest BCUT2D eigenvalue weighted by molar-refractivity contribution is 0.0792. The van der Waals surface area contributed by atoms with Crippen molar-refractivity contribution in [2.45, 2.75) is 65.2 Å². The second-order valence-corrected chi connectivity index (χ2v) is 10.2. The van der Waals surface area contributed by atoms with Gasteiger partial charge in [-0.1, -0.05) is 36.3 Å². The number of benzene rings is 1. The van der Waals surface area contributed by atoms with E-state index in [0.29, 0.717) is 5.41 Å². The van der Waals surface area contributed by atoms with E-state index in [2.05, 4.69) is 58.0 Å². The first-order valence-corrected chi connectivity index (χ1v) is 11.4. The normalized spacial score (nSPS) is 33.4. The first-order valence-electron chi connectivity index (χ1n) is 11.4. The summed E-state index contributed by atoms with van der Waals surface area (Å²) in [6.07, 6.45) is 8.10. The maximum absolute atomic E-state index is 6.01. The summed E-state index contributed by atoms with van der Waals surface area (Å²) in [6.45, 7) is 9.82. The molecule has 154 valence electrons. The molecule has 4 rings (SSSR count). The molecule has 0 spiro atoms. The van der Waals surface area contributed by atoms with Gasteiger partial charge in [0, 0.05) is 6.54 Å². The molecule has 3 aliphatic carbocycles. The Morgan fingerprint density at radius 3 is 2.79 bits per heavy atom. The SMILES string of the molecule is C/C(COCCN(C)C)=C1\CCC2C3CCc4cc(C)ccc4C3CCC12C. The molecule has 2 saturated carbocycles. The van der Waals surface area contributed by atoms with Crippen LogP contribution in [0.1, 0.15) is 68.6 Å². The predicted octanol–water partition coefficient (Wildman–Crippen LogP) is 5.75. The molecule has 4 unspecified atom stereocenters. The van der Waals surface area contributed by atoms with Crippen molar-refractivity contribution in [3.63, 3.8) is 0 Å². The Labute approximate surface area is 172 Å². The third kappa shape index (κ3) is 3.59. The van der Waals surface area contributed by atoms with Crippen LogP contribution < -0.4 is 0 Å². The number of hydrogen-bond donors (Lipinski definition) is 0. The summed E-state index contributed by atoms with van der Waals surface area (Å²) < 4.78 is 6.01. The van der Waals surface area contributed by atoms with Crippen molar-refractivity contribution in [1.82, 2.24) is 4.90 Å². The highest BCUT2D eigenvalue weighted by atomic mass is 16.5. The smallest absolute Gasteiger partial charge is 0.0677 e. The quantitative estimate of drug-likeness (QED) is 0.476. The lowest BCUT2D eigenvalue weighted by Gasteiger charge is -2.50. The molecule has 0 aromatic heterocycles. The van der Waals surface area contributed by atoms with Crippen LogP contribution in [0.2, 0.25) is 0 Å². The average molecular weight is 382 g/mol. The van der Waals surface area contributed by atoms with E-state index in [1.54, 1.807) is 16.7 Å².